The van der Waals surface area contributed by atoms with E-state index < -0.39 is 0 Å². The molecule has 3 heterocycles. The maximum atomic E-state index is 12.8. The van der Waals surface area contributed by atoms with Gasteiger partial charge in [0.1, 0.15) is 5.82 Å². The number of carbonyl (C=O) groups excluding carboxylic acids is 1. The maximum absolute atomic E-state index is 12.8. The molecule has 0 saturated heterocycles. The monoisotopic (exact) mass is 424 g/mol. The summed E-state index contributed by atoms with van der Waals surface area (Å²) in [5.74, 6) is 1.92. The number of rotatable bonds is 4. The SMILES string of the molecule is C=C(/C=C\C(Cl)=C(/C)Cl)C(=O)N1CCn2c(-c3nc(C)ns3)nnc2C1C. The Morgan fingerprint density at radius 1 is 1.30 bits per heavy atom. The number of hydrogen-bond acceptors (Lipinski definition) is 6. The van der Waals surface area contributed by atoms with Crippen molar-refractivity contribution in [3.8, 4) is 10.8 Å². The Balaban J connectivity index is 1.80. The third-order valence-electron chi connectivity index (χ3n) is 4.20. The van der Waals surface area contributed by atoms with Crippen molar-refractivity contribution in [2.75, 3.05) is 6.54 Å². The van der Waals surface area contributed by atoms with Gasteiger partial charge in [0, 0.05) is 23.7 Å². The van der Waals surface area contributed by atoms with Crippen LogP contribution in [-0.2, 0) is 11.3 Å². The number of aryl methyl sites for hydroxylation is 1. The van der Waals surface area contributed by atoms with Crippen molar-refractivity contribution < 1.29 is 4.79 Å². The lowest BCUT2D eigenvalue weighted by molar-refractivity contribution is -0.129. The molecule has 142 valence electrons. The Bertz CT molecular complexity index is 957. The quantitative estimate of drug-likeness (QED) is 0.550. The number of aromatic nitrogens is 5. The van der Waals surface area contributed by atoms with Crippen molar-refractivity contribution in [1.29, 1.82) is 0 Å². The standard InChI is InChI=1S/C17H18Cl2N6OS/c1-9(5-6-13(19)10(2)18)17(26)24-7-8-25-14(11(24)3)21-22-15(25)16-20-12(4)23-27-16/h5-6,11H,1,7-8H2,2-4H3/b6-5-,13-10-. The topological polar surface area (TPSA) is 76.8 Å². The molecule has 1 amide bonds. The molecule has 2 aromatic rings. The van der Waals surface area contributed by atoms with Crippen LogP contribution in [-0.4, -0.2) is 41.5 Å². The number of amides is 1. The van der Waals surface area contributed by atoms with Crippen LogP contribution in [0.2, 0.25) is 0 Å². The van der Waals surface area contributed by atoms with Crippen LogP contribution in [0.3, 0.4) is 0 Å². The Labute approximate surface area is 171 Å². The van der Waals surface area contributed by atoms with Crippen molar-refractivity contribution in [3.05, 3.63) is 46.0 Å². The Morgan fingerprint density at radius 3 is 2.67 bits per heavy atom. The lowest BCUT2D eigenvalue weighted by atomic mass is 10.1. The molecule has 0 radical (unpaired) electrons. The van der Waals surface area contributed by atoms with Crippen molar-refractivity contribution in [2.24, 2.45) is 0 Å². The summed E-state index contributed by atoms with van der Waals surface area (Å²) in [4.78, 5) is 18.9. The van der Waals surface area contributed by atoms with Gasteiger partial charge in [0.2, 0.25) is 0 Å². The van der Waals surface area contributed by atoms with Crippen LogP contribution in [0.15, 0.2) is 34.4 Å². The molecule has 3 rings (SSSR count). The maximum Gasteiger partial charge on any atom is 0.253 e. The number of fused-ring (bicyclic) bond motifs is 1. The van der Waals surface area contributed by atoms with Gasteiger partial charge in [0.15, 0.2) is 16.7 Å². The second kappa shape index (κ2) is 7.92. The van der Waals surface area contributed by atoms with E-state index in [1.165, 1.54) is 11.5 Å². The zero-order valence-corrected chi connectivity index (χ0v) is 17.4. The fourth-order valence-electron chi connectivity index (χ4n) is 2.75. The minimum absolute atomic E-state index is 0.182. The van der Waals surface area contributed by atoms with E-state index in [0.717, 1.165) is 5.01 Å². The van der Waals surface area contributed by atoms with Crippen molar-refractivity contribution in [3.63, 3.8) is 0 Å². The van der Waals surface area contributed by atoms with Gasteiger partial charge in [0.25, 0.3) is 5.91 Å². The first-order valence-corrected chi connectivity index (χ1v) is 9.76. The zero-order chi connectivity index (χ0) is 19.7. The predicted molar refractivity (Wildman–Crippen MR) is 106 cm³/mol. The van der Waals surface area contributed by atoms with Gasteiger partial charge in [-0.1, -0.05) is 29.8 Å². The minimum Gasteiger partial charge on any atom is -0.327 e. The Hall–Kier alpha value is -2.03. The third kappa shape index (κ3) is 3.97. The molecule has 0 aliphatic carbocycles. The lowest BCUT2D eigenvalue weighted by Gasteiger charge is -2.33. The summed E-state index contributed by atoms with van der Waals surface area (Å²) in [5.41, 5.74) is 0.325. The molecule has 7 nitrogen and oxygen atoms in total. The number of hydrogen-bond donors (Lipinski definition) is 0. The molecule has 1 unspecified atom stereocenters. The molecule has 0 aromatic carbocycles. The predicted octanol–water partition coefficient (Wildman–Crippen LogP) is 3.83. The smallest absolute Gasteiger partial charge is 0.253 e. The molecule has 0 saturated carbocycles. The first kappa shape index (κ1) is 19.7. The average molecular weight is 425 g/mol. The first-order chi connectivity index (χ1) is 12.8. The van der Waals surface area contributed by atoms with Crippen LogP contribution in [0, 0.1) is 6.92 Å². The molecule has 27 heavy (non-hydrogen) atoms. The van der Waals surface area contributed by atoms with E-state index >= 15 is 0 Å². The fraction of sp³-hybridized carbons (Fsp3) is 0.353. The van der Waals surface area contributed by atoms with Gasteiger partial charge in [-0.15, -0.1) is 10.2 Å². The molecule has 10 heteroatoms. The van der Waals surface area contributed by atoms with Crippen LogP contribution in [0.25, 0.3) is 10.8 Å². The average Bonchev–Trinajstić information content (AvgIpc) is 3.25. The van der Waals surface area contributed by atoms with Gasteiger partial charge in [-0.3, -0.25) is 4.79 Å². The van der Waals surface area contributed by atoms with E-state index in [0.29, 0.717) is 46.2 Å². The summed E-state index contributed by atoms with van der Waals surface area (Å²) < 4.78 is 6.19. The second-order valence-corrected chi connectivity index (χ2v) is 7.82. The van der Waals surface area contributed by atoms with Gasteiger partial charge >= 0.3 is 0 Å². The summed E-state index contributed by atoms with van der Waals surface area (Å²) in [6.45, 7) is 10.4. The Kier molecular flexibility index (Phi) is 5.78. The molecule has 0 fully saturated rings. The van der Waals surface area contributed by atoms with Gasteiger partial charge in [-0.25, -0.2) is 4.98 Å². The first-order valence-electron chi connectivity index (χ1n) is 8.23. The zero-order valence-electron chi connectivity index (χ0n) is 15.1. The highest BCUT2D eigenvalue weighted by Gasteiger charge is 2.32. The number of carbonyl (C=O) groups is 1. The van der Waals surface area contributed by atoms with Crippen molar-refractivity contribution >= 4 is 40.6 Å². The molecule has 0 bridgehead atoms. The molecular formula is C17H18Cl2N6OS. The number of allylic oxidation sites excluding steroid dienone is 3. The second-order valence-electron chi connectivity index (χ2n) is 6.09. The van der Waals surface area contributed by atoms with Crippen LogP contribution in [0.1, 0.15) is 31.5 Å². The largest absolute Gasteiger partial charge is 0.327 e. The van der Waals surface area contributed by atoms with Gasteiger partial charge in [-0.2, -0.15) is 4.37 Å². The van der Waals surface area contributed by atoms with E-state index in [9.17, 15) is 4.79 Å². The summed E-state index contributed by atoms with van der Waals surface area (Å²) in [6.07, 6.45) is 3.13. The number of nitrogens with zero attached hydrogens (tertiary/aromatic N) is 6. The van der Waals surface area contributed by atoms with Gasteiger partial charge in [-0.05, 0) is 44.5 Å². The molecule has 2 aromatic heterocycles. The highest BCUT2D eigenvalue weighted by molar-refractivity contribution is 7.09. The molecule has 1 aliphatic heterocycles. The summed E-state index contributed by atoms with van der Waals surface area (Å²) in [5, 5.41) is 10.1. The van der Waals surface area contributed by atoms with Gasteiger partial charge < -0.3 is 9.47 Å². The van der Waals surface area contributed by atoms with E-state index in [4.69, 9.17) is 23.2 Å². The van der Waals surface area contributed by atoms with Crippen LogP contribution >= 0.6 is 34.7 Å². The highest BCUT2D eigenvalue weighted by Crippen LogP contribution is 2.30. The van der Waals surface area contributed by atoms with Crippen molar-refractivity contribution in [2.45, 2.75) is 33.4 Å². The molecule has 0 spiro atoms. The van der Waals surface area contributed by atoms with E-state index in [-0.39, 0.29) is 11.9 Å². The summed E-state index contributed by atoms with van der Waals surface area (Å²) in [7, 11) is 0. The fourth-order valence-corrected chi connectivity index (χ4v) is 3.54. The molecule has 1 atom stereocenters. The third-order valence-corrected chi connectivity index (χ3v) is 5.71. The van der Waals surface area contributed by atoms with Crippen molar-refractivity contribution in [1.82, 2.24) is 29.0 Å². The lowest BCUT2D eigenvalue weighted by Crippen LogP contribution is -2.41. The van der Waals surface area contributed by atoms with Gasteiger partial charge in [0.05, 0.1) is 11.1 Å². The van der Waals surface area contributed by atoms with Crippen LogP contribution in [0.5, 0.6) is 0 Å². The normalized spacial score (nSPS) is 17.8. The Morgan fingerprint density at radius 2 is 2.04 bits per heavy atom. The molecule has 1 aliphatic rings. The highest BCUT2D eigenvalue weighted by atomic mass is 35.5. The van der Waals surface area contributed by atoms with E-state index in [1.54, 1.807) is 24.0 Å². The summed E-state index contributed by atoms with van der Waals surface area (Å²) >= 11 is 13.1. The van der Waals surface area contributed by atoms with Crippen LogP contribution in [0.4, 0.5) is 0 Å². The minimum atomic E-state index is -0.243. The number of halogens is 2. The van der Waals surface area contributed by atoms with Crippen LogP contribution < -0.4 is 0 Å². The molecule has 0 N–H and O–H groups in total. The molecular weight excluding hydrogens is 407 g/mol. The summed E-state index contributed by atoms with van der Waals surface area (Å²) in [6, 6.07) is -0.243. The van der Waals surface area contributed by atoms with E-state index in [2.05, 4.69) is 26.1 Å². The van der Waals surface area contributed by atoms with E-state index in [1.807, 2.05) is 18.4 Å².